The number of ether oxygens (including phenoxy) is 1. The van der Waals surface area contributed by atoms with Gasteiger partial charge in [0.25, 0.3) is 0 Å². The Balaban J connectivity index is 3.11. The minimum Gasteiger partial charge on any atom is -0.496 e. The predicted octanol–water partition coefficient (Wildman–Crippen LogP) is 2.20. The second-order valence-electron chi connectivity index (χ2n) is 4.42. The van der Waals surface area contributed by atoms with Gasteiger partial charge in [-0.1, -0.05) is 26.0 Å². The van der Waals surface area contributed by atoms with Crippen LogP contribution in [0.4, 0.5) is 0 Å². The molecule has 3 nitrogen and oxygen atoms in total. The van der Waals surface area contributed by atoms with E-state index >= 15 is 0 Å². The molecule has 0 radical (unpaired) electrons. The van der Waals surface area contributed by atoms with Crippen molar-refractivity contribution in [2.24, 2.45) is 5.73 Å². The van der Waals surface area contributed by atoms with Gasteiger partial charge in [0, 0.05) is 5.56 Å². The topological polar surface area (TPSA) is 55.5 Å². The van der Waals surface area contributed by atoms with Crippen molar-refractivity contribution in [3.05, 3.63) is 29.3 Å². The zero-order valence-corrected chi connectivity index (χ0v) is 10.4. The number of benzene rings is 1. The molecule has 0 bridgehead atoms. The second-order valence-corrected chi connectivity index (χ2v) is 4.42. The average Bonchev–Trinajstić information content (AvgIpc) is 2.26. The lowest BCUT2D eigenvalue weighted by molar-refractivity contribution is 0.162. The van der Waals surface area contributed by atoms with Crippen LogP contribution in [0.1, 0.15) is 43.9 Å². The number of hydrogen-bond acceptors (Lipinski definition) is 3. The number of aliphatic hydroxyl groups excluding tert-OH is 1. The van der Waals surface area contributed by atoms with E-state index in [1.54, 1.807) is 14.0 Å². The highest BCUT2D eigenvalue weighted by Gasteiger charge is 2.17. The van der Waals surface area contributed by atoms with Crippen molar-refractivity contribution in [3.8, 4) is 5.75 Å². The van der Waals surface area contributed by atoms with Gasteiger partial charge >= 0.3 is 0 Å². The Bertz CT molecular complexity index is 348. The highest BCUT2D eigenvalue weighted by Crippen LogP contribution is 2.29. The molecule has 0 aliphatic rings. The summed E-state index contributed by atoms with van der Waals surface area (Å²) in [6, 6.07) is 5.55. The summed E-state index contributed by atoms with van der Waals surface area (Å²) in [7, 11) is 1.62. The van der Waals surface area contributed by atoms with Crippen LogP contribution in [0, 0.1) is 0 Å². The molecule has 16 heavy (non-hydrogen) atoms. The summed E-state index contributed by atoms with van der Waals surface area (Å²) in [5.41, 5.74) is 7.97. The maximum Gasteiger partial charge on any atom is 0.124 e. The normalized spacial score (nSPS) is 14.9. The number of rotatable bonds is 4. The Kier molecular flexibility index (Phi) is 4.33. The zero-order valence-electron chi connectivity index (χ0n) is 10.4. The van der Waals surface area contributed by atoms with Crippen molar-refractivity contribution in [2.45, 2.75) is 38.8 Å². The van der Waals surface area contributed by atoms with Gasteiger partial charge in [0.15, 0.2) is 0 Å². The molecule has 2 atom stereocenters. The smallest absolute Gasteiger partial charge is 0.124 e. The average molecular weight is 223 g/mol. The summed E-state index contributed by atoms with van der Waals surface area (Å²) in [5.74, 6) is 1.20. The maximum atomic E-state index is 9.49. The summed E-state index contributed by atoms with van der Waals surface area (Å²) >= 11 is 0. The molecule has 0 saturated heterocycles. The van der Waals surface area contributed by atoms with E-state index in [-0.39, 0.29) is 0 Å². The van der Waals surface area contributed by atoms with E-state index in [0.29, 0.717) is 5.92 Å². The number of aliphatic hydroxyl groups is 1. The SMILES string of the molecule is COc1cc(C(C)C)ccc1C(N)C(C)O. The minimum absolute atomic E-state index is 0.406. The largest absolute Gasteiger partial charge is 0.496 e. The molecule has 90 valence electrons. The highest BCUT2D eigenvalue weighted by molar-refractivity contribution is 5.40. The van der Waals surface area contributed by atoms with Gasteiger partial charge in [-0.3, -0.25) is 0 Å². The van der Waals surface area contributed by atoms with Crippen LogP contribution in [0.15, 0.2) is 18.2 Å². The molecule has 0 saturated carbocycles. The van der Waals surface area contributed by atoms with Gasteiger partial charge < -0.3 is 15.6 Å². The van der Waals surface area contributed by atoms with Crippen LogP contribution in [0.3, 0.4) is 0 Å². The van der Waals surface area contributed by atoms with Crippen molar-refractivity contribution >= 4 is 0 Å². The quantitative estimate of drug-likeness (QED) is 0.822. The van der Waals surface area contributed by atoms with Gasteiger partial charge in [0.05, 0.1) is 19.3 Å². The first-order chi connectivity index (χ1) is 7.47. The third-order valence-corrected chi connectivity index (χ3v) is 2.80. The molecule has 0 aliphatic heterocycles. The molecule has 1 rings (SSSR count). The van der Waals surface area contributed by atoms with Gasteiger partial charge in [-0.2, -0.15) is 0 Å². The summed E-state index contributed by atoms with van der Waals surface area (Å²) in [6.45, 7) is 5.94. The van der Waals surface area contributed by atoms with Crippen molar-refractivity contribution in [2.75, 3.05) is 7.11 Å². The second kappa shape index (κ2) is 5.32. The lowest BCUT2D eigenvalue weighted by Gasteiger charge is -2.19. The van der Waals surface area contributed by atoms with Crippen LogP contribution in [0.5, 0.6) is 5.75 Å². The van der Waals surface area contributed by atoms with E-state index in [1.165, 1.54) is 5.56 Å². The van der Waals surface area contributed by atoms with Crippen LogP contribution in [0.25, 0.3) is 0 Å². The van der Waals surface area contributed by atoms with E-state index in [1.807, 2.05) is 18.2 Å². The van der Waals surface area contributed by atoms with Gasteiger partial charge in [-0.05, 0) is 24.5 Å². The lowest BCUT2D eigenvalue weighted by atomic mass is 9.96. The Labute approximate surface area is 97.2 Å². The molecule has 0 fully saturated rings. The Morgan fingerprint density at radius 1 is 1.25 bits per heavy atom. The molecule has 0 amide bonds. The molecule has 0 aliphatic carbocycles. The van der Waals surface area contributed by atoms with E-state index in [4.69, 9.17) is 10.5 Å². The molecular weight excluding hydrogens is 202 g/mol. The van der Waals surface area contributed by atoms with Crippen molar-refractivity contribution in [1.82, 2.24) is 0 Å². The maximum absolute atomic E-state index is 9.49. The molecule has 0 spiro atoms. The Morgan fingerprint density at radius 2 is 1.88 bits per heavy atom. The fourth-order valence-corrected chi connectivity index (χ4v) is 1.62. The highest BCUT2D eigenvalue weighted by atomic mass is 16.5. The lowest BCUT2D eigenvalue weighted by Crippen LogP contribution is -2.23. The zero-order chi connectivity index (χ0) is 12.3. The standard InChI is InChI=1S/C13H21NO2/c1-8(2)10-5-6-11(12(7-10)16-4)13(14)9(3)15/h5-9,13,15H,14H2,1-4H3. The van der Waals surface area contributed by atoms with E-state index in [9.17, 15) is 5.11 Å². The van der Waals surface area contributed by atoms with Crippen molar-refractivity contribution in [3.63, 3.8) is 0 Å². The summed E-state index contributed by atoms with van der Waals surface area (Å²) in [6.07, 6.45) is -0.584. The molecule has 0 heterocycles. The Hall–Kier alpha value is -1.06. The molecule has 2 unspecified atom stereocenters. The Morgan fingerprint density at radius 3 is 2.31 bits per heavy atom. The van der Waals surface area contributed by atoms with Crippen LogP contribution >= 0.6 is 0 Å². The van der Waals surface area contributed by atoms with Crippen molar-refractivity contribution < 1.29 is 9.84 Å². The first-order valence-corrected chi connectivity index (χ1v) is 5.58. The first kappa shape index (κ1) is 13.0. The number of hydrogen-bond donors (Lipinski definition) is 2. The fourth-order valence-electron chi connectivity index (χ4n) is 1.62. The van der Waals surface area contributed by atoms with E-state index in [0.717, 1.165) is 11.3 Å². The van der Waals surface area contributed by atoms with Gasteiger partial charge in [0.2, 0.25) is 0 Å². The third kappa shape index (κ3) is 2.74. The van der Waals surface area contributed by atoms with Gasteiger partial charge in [0.1, 0.15) is 5.75 Å². The summed E-state index contributed by atoms with van der Waals surface area (Å²) in [5, 5.41) is 9.49. The monoisotopic (exact) mass is 223 g/mol. The molecule has 0 aromatic heterocycles. The number of methoxy groups -OCH3 is 1. The minimum atomic E-state index is -0.584. The molecular formula is C13H21NO2. The van der Waals surface area contributed by atoms with E-state index in [2.05, 4.69) is 13.8 Å². The van der Waals surface area contributed by atoms with Crippen molar-refractivity contribution in [1.29, 1.82) is 0 Å². The summed E-state index contributed by atoms with van der Waals surface area (Å²) < 4.78 is 5.32. The molecule has 3 heteroatoms. The van der Waals surface area contributed by atoms with Gasteiger partial charge in [-0.25, -0.2) is 0 Å². The molecule has 1 aromatic rings. The predicted molar refractivity (Wildman–Crippen MR) is 65.7 cm³/mol. The molecule has 1 aromatic carbocycles. The van der Waals surface area contributed by atoms with Crippen LogP contribution in [-0.4, -0.2) is 18.3 Å². The first-order valence-electron chi connectivity index (χ1n) is 5.58. The van der Waals surface area contributed by atoms with Crippen LogP contribution in [-0.2, 0) is 0 Å². The van der Waals surface area contributed by atoms with Crippen LogP contribution in [0.2, 0.25) is 0 Å². The van der Waals surface area contributed by atoms with Crippen LogP contribution < -0.4 is 10.5 Å². The van der Waals surface area contributed by atoms with E-state index < -0.39 is 12.1 Å². The van der Waals surface area contributed by atoms with Gasteiger partial charge in [-0.15, -0.1) is 0 Å². The molecule has 3 N–H and O–H groups in total. The fraction of sp³-hybridized carbons (Fsp3) is 0.538. The number of nitrogens with two attached hydrogens (primary N) is 1. The summed E-state index contributed by atoms with van der Waals surface area (Å²) in [4.78, 5) is 0. The third-order valence-electron chi connectivity index (χ3n) is 2.80.